The summed E-state index contributed by atoms with van der Waals surface area (Å²) in [4.78, 5) is 0. The molecule has 1 heteroatoms. The molecule has 1 heterocycles. The lowest BCUT2D eigenvalue weighted by molar-refractivity contribution is -0.0255. The van der Waals surface area contributed by atoms with Crippen LogP contribution >= 0.6 is 0 Å². The molecule has 1 radical (unpaired) electrons. The maximum atomic E-state index is 5.12. The number of rotatable bonds is 1. The average Bonchev–Trinajstić information content (AvgIpc) is 1.76. The Balaban J connectivity index is 2.03. The molecule has 1 nitrogen and oxygen atoms in total. The van der Waals surface area contributed by atoms with Crippen molar-refractivity contribution in [3.63, 3.8) is 0 Å². The first-order chi connectivity index (χ1) is 4.43. The quantitative estimate of drug-likeness (QED) is 0.479. The molecule has 0 aromatic rings. The van der Waals surface area contributed by atoms with E-state index in [1.54, 1.807) is 0 Å². The van der Waals surface area contributed by atoms with E-state index in [0.29, 0.717) is 6.10 Å². The van der Waals surface area contributed by atoms with Crippen molar-refractivity contribution >= 4 is 0 Å². The van der Waals surface area contributed by atoms with Gasteiger partial charge in [-0.2, -0.15) is 0 Å². The van der Waals surface area contributed by atoms with Gasteiger partial charge in [0.15, 0.2) is 0 Å². The van der Waals surface area contributed by atoms with Gasteiger partial charge in [-0.25, -0.2) is 0 Å². The number of hydrogen-bond acceptors (Lipinski definition) is 1. The Labute approximate surface area is 56.4 Å². The monoisotopic (exact) mass is 123 g/mol. The minimum atomic E-state index is 0.337. The fraction of sp³-hybridized carbons (Fsp3) is 0.625. The standard InChI is InChI=1S/C8H11O/c1-2-3-4-5-8-6-7-9-8/h5,8H,2,6-7H2,1H3. The summed E-state index contributed by atoms with van der Waals surface area (Å²) in [6.07, 6.45) is 4.36. The highest BCUT2D eigenvalue weighted by Gasteiger charge is 2.16. The van der Waals surface area contributed by atoms with Crippen molar-refractivity contribution in [2.45, 2.75) is 25.9 Å². The maximum Gasteiger partial charge on any atom is 0.0747 e. The van der Waals surface area contributed by atoms with Gasteiger partial charge in [-0.3, -0.25) is 0 Å². The van der Waals surface area contributed by atoms with Crippen molar-refractivity contribution in [2.75, 3.05) is 6.61 Å². The number of hydrogen-bond donors (Lipinski definition) is 0. The van der Waals surface area contributed by atoms with Gasteiger partial charge in [0.1, 0.15) is 0 Å². The Bertz CT molecular complexity index is 125. The summed E-state index contributed by atoms with van der Waals surface area (Å²) in [7, 11) is 0. The fourth-order valence-corrected chi connectivity index (χ4v) is 0.639. The van der Waals surface area contributed by atoms with E-state index in [0.717, 1.165) is 19.4 Å². The van der Waals surface area contributed by atoms with Crippen molar-refractivity contribution in [1.29, 1.82) is 0 Å². The van der Waals surface area contributed by atoms with E-state index in [1.807, 2.05) is 13.3 Å². The molecule has 0 N–H and O–H groups in total. The van der Waals surface area contributed by atoms with Gasteiger partial charge < -0.3 is 4.74 Å². The summed E-state index contributed by atoms with van der Waals surface area (Å²) in [6.45, 7) is 2.96. The molecule has 1 aliphatic heterocycles. The van der Waals surface area contributed by atoms with Crippen molar-refractivity contribution in [2.24, 2.45) is 0 Å². The van der Waals surface area contributed by atoms with E-state index in [2.05, 4.69) is 11.8 Å². The van der Waals surface area contributed by atoms with Gasteiger partial charge in [-0.15, -0.1) is 5.92 Å². The van der Waals surface area contributed by atoms with Crippen LogP contribution in [0.25, 0.3) is 0 Å². The summed E-state index contributed by atoms with van der Waals surface area (Å²) in [6, 6.07) is 0. The van der Waals surface area contributed by atoms with Gasteiger partial charge in [0.25, 0.3) is 0 Å². The van der Waals surface area contributed by atoms with Crippen LogP contribution in [0.1, 0.15) is 19.8 Å². The molecule has 9 heavy (non-hydrogen) atoms. The lowest BCUT2D eigenvalue weighted by Crippen LogP contribution is -2.26. The third-order valence-electron chi connectivity index (χ3n) is 1.28. The highest BCUT2D eigenvalue weighted by Crippen LogP contribution is 2.12. The minimum Gasteiger partial charge on any atom is -0.377 e. The fourth-order valence-electron chi connectivity index (χ4n) is 0.639. The second kappa shape index (κ2) is 3.53. The largest absolute Gasteiger partial charge is 0.377 e. The van der Waals surface area contributed by atoms with Gasteiger partial charge in [-0.05, 0) is 6.42 Å². The van der Waals surface area contributed by atoms with Crippen LogP contribution < -0.4 is 0 Å². The van der Waals surface area contributed by atoms with Gasteiger partial charge in [0.2, 0.25) is 0 Å². The molecule has 49 valence electrons. The summed E-state index contributed by atoms with van der Waals surface area (Å²) in [5.41, 5.74) is 0. The predicted octanol–water partition coefficient (Wildman–Crippen LogP) is 1.39. The lowest BCUT2D eigenvalue weighted by Gasteiger charge is -2.23. The van der Waals surface area contributed by atoms with E-state index in [9.17, 15) is 0 Å². The van der Waals surface area contributed by atoms with E-state index in [4.69, 9.17) is 4.74 Å². The first-order valence-corrected chi connectivity index (χ1v) is 3.37. The summed E-state index contributed by atoms with van der Waals surface area (Å²) in [5.74, 6) is 5.90. The van der Waals surface area contributed by atoms with Gasteiger partial charge in [-0.1, -0.05) is 12.8 Å². The highest BCUT2D eigenvalue weighted by molar-refractivity contribution is 5.13. The molecular formula is C8H11O. The molecule has 0 spiro atoms. The zero-order valence-electron chi connectivity index (χ0n) is 5.68. The molecular weight excluding hydrogens is 112 g/mol. The van der Waals surface area contributed by atoms with Gasteiger partial charge >= 0.3 is 0 Å². The molecule has 1 saturated heterocycles. The first-order valence-electron chi connectivity index (χ1n) is 3.37. The van der Waals surface area contributed by atoms with Crippen LogP contribution in [0.15, 0.2) is 0 Å². The molecule has 0 amide bonds. The normalized spacial score (nSPS) is 23.9. The van der Waals surface area contributed by atoms with Crippen LogP contribution in [-0.4, -0.2) is 12.7 Å². The molecule has 1 rings (SSSR count). The average molecular weight is 123 g/mol. The predicted molar refractivity (Wildman–Crippen MR) is 36.7 cm³/mol. The van der Waals surface area contributed by atoms with E-state index < -0.39 is 0 Å². The molecule has 0 saturated carbocycles. The molecule has 0 aromatic heterocycles. The first kappa shape index (κ1) is 6.64. The lowest BCUT2D eigenvalue weighted by atomic mass is 10.1. The molecule has 1 atom stereocenters. The SMILES string of the molecule is CCC#C[CH]C1CCO1. The third kappa shape index (κ3) is 2.07. The van der Waals surface area contributed by atoms with Crippen LogP contribution in [0, 0.1) is 18.3 Å². The maximum absolute atomic E-state index is 5.12. The van der Waals surface area contributed by atoms with Crippen molar-refractivity contribution in [1.82, 2.24) is 0 Å². The van der Waals surface area contributed by atoms with Crippen LogP contribution in [0.4, 0.5) is 0 Å². The summed E-state index contributed by atoms with van der Waals surface area (Å²) in [5, 5.41) is 0. The van der Waals surface area contributed by atoms with Crippen LogP contribution in [0.3, 0.4) is 0 Å². The minimum absolute atomic E-state index is 0.337. The molecule has 0 aliphatic carbocycles. The second-order valence-corrected chi connectivity index (χ2v) is 2.04. The van der Waals surface area contributed by atoms with Crippen LogP contribution in [-0.2, 0) is 4.74 Å². The Morgan fingerprint density at radius 1 is 1.78 bits per heavy atom. The van der Waals surface area contributed by atoms with E-state index in [1.165, 1.54) is 0 Å². The zero-order chi connectivity index (χ0) is 6.53. The van der Waals surface area contributed by atoms with E-state index in [-0.39, 0.29) is 0 Å². The molecule has 1 fully saturated rings. The van der Waals surface area contributed by atoms with Crippen molar-refractivity contribution < 1.29 is 4.74 Å². The summed E-state index contributed by atoms with van der Waals surface area (Å²) < 4.78 is 5.12. The van der Waals surface area contributed by atoms with E-state index >= 15 is 0 Å². The Kier molecular flexibility index (Phi) is 2.60. The van der Waals surface area contributed by atoms with Gasteiger partial charge in [0, 0.05) is 13.0 Å². The van der Waals surface area contributed by atoms with Gasteiger partial charge in [0.05, 0.1) is 12.5 Å². The van der Waals surface area contributed by atoms with Crippen molar-refractivity contribution in [3.05, 3.63) is 6.42 Å². The van der Waals surface area contributed by atoms with Crippen molar-refractivity contribution in [3.8, 4) is 11.8 Å². The second-order valence-electron chi connectivity index (χ2n) is 2.04. The Morgan fingerprint density at radius 2 is 2.56 bits per heavy atom. The Morgan fingerprint density at radius 3 is 3.00 bits per heavy atom. The number of ether oxygens (including phenoxy) is 1. The molecule has 1 aliphatic rings. The van der Waals surface area contributed by atoms with Crippen LogP contribution in [0.5, 0.6) is 0 Å². The zero-order valence-corrected chi connectivity index (χ0v) is 5.68. The molecule has 0 bridgehead atoms. The summed E-state index contributed by atoms with van der Waals surface area (Å²) >= 11 is 0. The third-order valence-corrected chi connectivity index (χ3v) is 1.28. The smallest absolute Gasteiger partial charge is 0.0747 e. The molecule has 0 aromatic carbocycles. The Hall–Kier alpha value is -0.480. The highest BCUT2D eigenvalue weighted by atomic mass is 16.5. The topological polar surface area (TPSA) is 9.23 Å². The van der Waals surface area contributed by atoms with Crippen LogP contribution in [0.2, 0.25) is 0 Å². The molecule has 1 unspecified atom stereocenters.